The number of halogens is 2. The first-order valence-corrected chi connectivity index (χ1v) is 6.02. The minimum Gasteiger partial charge on any atom is -0.382 e. The molecule has 0 aliphatic rings. The fraction of sp³-hybridized carbons (Fsp3) is 0.500. The molecule has 18 heavy (non-hydrogen) atoms. The summed E-state index contributed by atoms with van der Waals surface area (Å²) in [6.45, 7) is 1.51. The quantitative estimate of drug-likeness (QED) is 0.429. The molecule has 1 aromatic rings. The highest BCUT2D eigenvalue weighted by molar-refractivity contribution is 6.30. The zero-order valence-electron chi connectivity index (χ0n) is 10.3. The lowest BCUT2D eigenvalue weighted by atomic mass is 10.1. The van der Waals surface area contributed by atoms with E-state index in [4.69, 9.17) is 26.9 Å². The number of hydrazine groups is 1. The maximum atomic E-state index is 13.0. The fourth-order valence-electron chi connectivity index (χ4n) is 1.48. The molecule has 0 saturated heterocycles. The molecule has 0 aliphatic heterocycles. The second kappa shape index (κ2) is 8.39. The van der Waals surface area contributed by atoms with Gasteiger partial charge >= 0.3 is 0 Å². The van der Waals surface area contributed by atoms with Crippen LogP contribution in [0.5, 0.6) is 0 Å². The Bertz CT molecular complexity index is 366. The summed E-state index contributed by atoms with van der Waals surface area (Å²) < 4.78 is 23.2. The van der Waals surface area contributed by atoms with Crippen molar-refractivity contribution in [3.05, 3.63) is 34.6 Å². The van der Waals surface area contributed by atoms with Crippen LogP contribution in [0.2, 0.25) is 5.02 Å². The summed E-state index contributed by atoms with van der Waals surface area (Å²) in [5, 5.41) is 0.114. The van der Waals surface area contributed by atoms with Gasteiger partial charge in [-0.2, -0.15) is 0 Å². The van der Waals surface area contributed by atoms with Gasteiger partial charge in [0.05, 0.1) is 24.8 Å². The van der Waals surface area contributed by atoms with Crippen LogP contribution in [-0.4, -0.2) is 33.0 Å². The van der Waals surface area contributed by atoms with Crippen molar-refractivity contribution >= 4 is 11.6 Å². The van der Waals surface area contributed by atoms with Crippen molar-refractivity contribution in [1.29, 1.82) is 0 Å². The SMILES string of the molecule is COCCOCC(Cc1ccc(F)c(Cl)c1)NN. The maximum absolute atomic E-state index is 13.0. The summed E-state index contributed by atoms with van der Waals surface area (Å²) in [6.07, 6.45) is 0.615. The van der Waals surface area contributed by atoms with Gasteiger partial charge in [-0.3, -0.25) is 11.3 Å². The second-order valence-corrected chi connectivity index (χ2v) is 4.29. The summed E-state index contributed by atoms with van der Waals surface area (Å²) in [5.41, 5.74) is 3.56. The molecule has 0 saturated carbocycles. The Hall–Kier alpha value is -0.720. The van der Waals surface area contributed by atoms with Gasteiger partial charge in [-0.1, -0.05) is 17.7 Å². The van der Waals surface area contributed by atoms with Crippen LogP contribution >= 0.6 is 11.6 Å². The molecule has 1 atom stereocenters. The largest absolute Gasteiger partial charge is 0.382 e. The van der Waals surface area contributed by atoms with Gasteiger partial charge < -0.3 is 9.47 Å². The van der Waals surface area contributed by atoms with Crippen molar-refractivity contribution in [1.82, 2.24) is 5.43 Å². The molecule has 3 N–H and O–H groups in total. The molecule has 0 spiro atoms. The zero-order valence-corrected chi connectivity index (χ0v) is 11.0. The fourth-order valence-corrected chi connectivity index (χ4v) is 1.69. The Morgan fingerprint density at radius 3 is 2.83 bits per heavy atom. The van der Waals surface area contributed by atoms with Crippen LogP contribution in [0.1, 0.15) is 5.56 Å². The third-order valence-corrected chi connectivity index (χ3v) is 2.74. The molecule has 0 amide bonds. The number of hydrogen-bond donors (Lipinski definition) is 2. The average Bonchev–Trinajstić information content (AvgIpc) is 2.37. The van der Waals surface area contributed by atoms with Gasteiger partial charge in [-0.15, -0.1) is 0 Å². The molecule has 1 rings (SSSR count). The van der Waals surface area contributed by atoms with Gasteiger partial charge in [0.2, 0.25) is 0 Å². The Kier molecular flexibility index (Phi) is 7.15. The van der Waals surface area contributed by atoms with Crippen LogP contribution in [0.3, 0.4) is 0 Å². The lowest BCUT2D eigenvalue weighted by Crippen LogP contribution is -2.40. The predicted octanol–water partition coefficient (Wildman–Crippen LogP) is 1.52. The monoisotopic (exact) mass is 276 g/mol. The van der Waals surface area contributed by atoms with Crippen LogP contribution in [0.4, 0.5) is 4.39 Å². The van der Waals surface area contributed by atoms with Crippen LogP contribution in [-0.2, 0) is 15.9 Å². The number of methoxy groups -OCH3 is 1. The van der Waals surface area contributed by atoms with Gasteiger partial charge in [0.1, 0.15) is 5.82 Å². The van der Waals surface area contributed by atoms with E-state index in [1.807, 2.05) is 0 Å². The summed E-state index contributed by atoms with van der Waals surface area (Å²) in [6, 6.07) is 4.57. The van der Waals surface area contributed by atoms with E-state index >= 15 is 0 Å². The number of ether oxygens (including phenoxy) is 2. The van der Waals surface area contributed by atoms with E-state index in [0.717, 1.165) is 5.56 Å². The molecular formula is C12H18ClFN2O2. The zero-order chi connectivity index (χ0) is 13.4. The van der Waals surface area contributed by atoms with Gasteiger partial charge in [-0.05, 0) is 24.1 Å². The molecule has 0 fully saturated rings. The minimum absolute atomic E-state index is 0.0524. The lowest BCUT2D eigenvalue weighted by molar-refractivity contribution is 0.0587. The Balaban J connectivity index is 2.44. The molecule has 6 heteroatoms. The number of nitrogens with two attached hydrogens (primary N) is 1. The summed E-state index contributed by atoms with van der Waals surface area (Å²) in [4.78, 5) is 0. The molecule has 0 heterocycles. The molecule has 0 bridgehead atoms. The Labute approximate surface area is 111 Å². The highest BCUT2D eigenvalue weighted by Crippen LogP contribution is 2.17. The predicted molar refractivity (Wildman–Crippen MR) is 68.9 cm³/mol. The highest BCUT2D eigenvalue weighted by atomic mass is 35.5. The highest BCUT2D eigenvalue weighted by Gasteiger charge is 2.09. The molecule has 0 radical (unpaired) electrons. The number of rotatable bonds is 8. The third-order valence-electron chi connectivity index (χ3n) is 2.45. The first-order chi connectivity index (χ1) is 8.67. The normalized spacial score (nSPS) is 12.7. The minimum atomic E-state index is -0.422. The van der Waals surface area contributed by atoms with E-state index in [1.165, 1.54) is 6.07 Å². The third kappa shape index (κ3) is 5.29. The average molecular weight is 277 g/mol. The second-order valence-electron chi connectivity index (χ2n) is 3.88. The molecule has 4 nitrogen and oxygen atoms in total. The van der Waals surface area contributed by atoms with E-state index in [2.05, 4.69) is 5.43 Å². The van der Waals surface area contributed by atoms with Crippen LogP contribution in [0.25, 0.3) is 0 Å². The van der Waals surface area contributed by atoms with Crippen LogP contribution in [0.15, 0.2) is 18.2 Å². The number of nitrogens with one attached hydrogen (secondary N) is 1. The molecule has 102 valence electrons. The first kappa shape index (κ1) is 15.3. The van der Waals surface area contributed by atoms with Crippen molar-refractivity contribution < 1.29 is 13.9 Å². The van der Waals surface area contributed by atoms with Crippen molar-refractivity contribution in [2.75, 3.05) is 26.9 Å². The molecule has 1 aromatic carbocycles. The van der Waals surface area contributed by atoms with E-state index in [1.54, 1.807) is 19.2 Å². The van der Waals surface area contributed by atoms with Crippen molar-refractivity contribution in [2.24, 2.45) is 5.84 Å². The molecular weight excluding hydrogens is 259 g/mol. The molecule has 0 aliphatic carbocycles. The number of benzene rings is 1. The van der Waals surface area contributed by atoms with Crippen LogP contribution < -0.4 is 11.3 Å². The molecule has 1 unspecified atom stereocenters. The van der Waals surface area contributed by atoms with Gasteiger partial charge in [0.15, 0.2) is 0 Å². The van der Waals surface area contributed by atoms with Gasteiger partial charge in [-0.25, -0.2) is 4.39 Å². The topological polar surface area (TPSA) is 56.5 Å². The summed E-state index contributed by atoms with van der Waals surface area (Å²) in [7, 11) is 1.61. The van der Waals surface area contributed by atoms with E-state index in [0.29, 0.717) is 26.2 Å². The summed E-state index contributed by atoms with van der Waals surface area (Å²) in [5.74, 6) is 5.01. The van der Waals surface area contributed by atoms with E-state index in [9.17, 15) is 4.39 Å². The Morgan fingerprint density at radius 2 is 2.22 bits per heavy atom. The van der Waals surface area contributed by atoms with Gasteiger partial charge in [0.25, 0.3) is 0 Å². The molecule has 0 aromatic heterocycles. The smallest absolute Gasteiger partial charge is 0.141 e. The Morgan fingerprint density at radius 1 is 1.44 bits per heavy atom. The lowest BCUT2D eigenvalue weighted by Gasteiger charge is -2.16. The van der Waals surface area contributed by atoms with Gasteiger partial charge in [0, 0.05) is 13.2 Å². The standard InChI is InChI=1S/C12H18ClFN2O2/c1-17-4-5-18-8-10(16-15)6-9-2-3-12(14)11(13)7-9/h2-3,7,10,16H,4-6,8,15H2,1H3. The van der Waals surface area contributed by atoms with Crippen molar-refractivity contribution in [3.8, 4) is 0 Å². The number of hydrogen-bond acceptors (Lipinski definition) is 4. The summed E-state index contributed by atoms with van der Waals surface area (Å²) >= 11 is 5.71. The van der Waals surface area contributed by atoms with E-state index in [-0.39, 0.29) is 11.1 Å². The van der Waals surface area contributed by atoms with Crippen LogP contribution in [0, 0.1) is 5.82 Å². The van der Waals surface area contributed by atoms with E-state index < -0.39 is 5.82 Å². The maximum Gasteiger partial charge on any atom is 0.141 e. The first-order valence-electron chi connectivity index (χ1n) is 5.64. The van der Waals surface area contributed by atoms with Crippen molar-refractivity contribution in [2.45, 2.75) is 12.5 Å². The van der Waals surface area contributed by atoms with Crippen molar-refractivity contribution in [3.63, 3.8) is 0 Å².